The van der Waals surface area contributed by atoms with Crippen molar-refractivity contribution < 1.29 is 28.6 Å². The van der Waals surface area contributed by atoms with Gasteiger partial charge in [-0.3, -0.25) is 14.4 Å². The van der Waals surface area contributed by atoms with Gasteiger partial charge in [-0.1, -0.05) is 207 Å². The van der Waals surface area contributed by atoms with Crippen LogP contribution in [0.4, 0.5) is 0 Å². The number of rotatable bonds is 43. The third kappa shape index (κ3) is 47.1. The van der Waals surface area contributed by atoms with E-state index in [0.717, 1.165) is 116 Å². The Bertz CT molecular complexity index is 1310. The van der Waals surface area contributed by atoms with E-state index < -0.39 is 12.1 Å². The van der Waals surface area contributed by atoms with Crippen LogP contribution < -0.4 is 0 Å². The summed E-state index contributed by atoms with van der Waals surface area (Å²) in [6, 6.07) is 0. The molecule has 0 radical (unpaired) electrons. The molecule has 1 unspecified atom stereocenters. The molecule has 0 N–H and O–H groups in total. The molecule has 0 aliphatic carbocycles. The van der Waals surface area contributed by atoms with Gasteiger partial charge in [0.2, 0.25) is 0 Å². The molecule has 0 spiro atoms. The Morgan fingerprint density at radius 1 is 0.339 bits per heavy atom. The quantitative estimate of drug-likeness (QED) is 0.0263. The molecular formula is C56H90O6. The van der Waals surface area contributed by atoms with Gasteiger partial charge in [-0.05, 0) is 89.9 Å². The van der Waals surface area contributed by atoms with Gasteiger partial charge in [0.1, 0.15) is 13.2 Å². The van der Waals surface area contributed by atoms with Crippen LogP contribution in [0.5, 0.6) is 0 Å². The van der Waals surface area contributed by atoms with Gasteiger partial charge < -0.3 is 14.2 Å². The van der Waals surface area contributed by atoms with E-state index in [1.165, 1.54) is 44.9 Å². The minimum Gasteiger partial charge on any atom is -0.462 e. The average Bonchev–Trinajstić information content (AvgIpc) is 3.27. The first-order valence-corrected chi connectivity index (χ1v) is 24.9. The lowest BCUT2D eigenvalue weighted by Crippen LogP contribution is -2.30. The topological polar surface area (TPSA) is 78.9 Å². The summed E-state index contributed by atoms with van der Waals surface area (Å²) in [5.41, 5.74) is 0. The SMILES string of the molecule is CC/C=C\C/C=C\C/C=C\C/C=C\C/C=C\CCCCCCCC(=O)OCC(COC(=O)CCCCCCCCCCCC)OC(=O)CC/C=C\C/C=C\C/C=C\C/C=C\CC. The Balaban J connectivity index is 4.45. The lowest BCUT2D eigenvalue weighted by molar-refractivity contribution is -0.166. The molecule has 1 atom stereocenters. The molecule has 0 saturated carbocycles. The van der Waals surface area contributed by atoms with Crippen LogP contribution in [0.25, 0.3) is 0 Å². The zero-order valence-electron chi connectivity index (χ0n) is 39.8. The van der Waals surface area contributed by atoms with Gasteiger partial charge in [0.25, 0.3) is 0 Å². The lowest BCUT2D eigenvalue weighted by Gasteiger charge is -2.18. The van der Waals surface area contributed by atoms with E-state index in [2.05, 4.69) is 118 Å². The fraction of sp³-hybridized carbons (Fsp3) is 0.625. The standard InChI is InChI=1S/C56H90O6/c1-4-7-10-13-16-19-22-24-25-26-27-28-29-30-31-33-34-37-40-43-46-49-55(58)61-52-53(51-60-54(57)48-45-42-39-36-21-18-15-12-9-6-3)62-56(59)50-47-44-41-38-35-32-23-20-17-14-11-8-5-2/h7-8,10-11,16-17,19-20,24-25,27-28,30-32,35,41,44,53H,4-6,9,12-15,18,21-23,26,29,33-34,36-40,42-43,45-52H2,1-3H3/b10-7-,11-8-,19-16-,20-17-,25-24-,28-27-,31-30-,35-32-,44-41-. The molecule has 0 aromatic rings. The first-order chi connectivity index (χ1) is 30.5. The number of ether oxygens (including phenoxy) is 3. The van der Waals surface area contributed by atoms with Gasteiger partial charge >= 0.3 is 17.9 Å². The molecule has 0 heterocycles. The molecule has 62 heavy (non-hydrogen) atoms. The number of esters is 3. The summed E-state index contributed by atoms with van der Waals surface area (Å²) in [5, 5.41) is 0. The fourth-order valence-corrected chi connectivity index (χ4v) is 6.36. The van der Waals surface area contributed by atoms with Crippen molar-refractivity contribution in [3.63, 3.8) is 0 Å². The van der Waals surface area contributed by atoms with E-state index in [9.17, 15) is 14.4 Å². The van der Waals surface area contributed by atoms with Crippen LogP contribution in [0.1, 0.15) is 207 Å². The Morgan fingerprint density at radius 2 is 0.661 bits per heavy atom. The zero-order chi connectivity index (χ0) is 45.1. The summed E-state index contributed by atoms with van der Waals surface area (Å²) in [5.74, 6) is -1.02. The summed E-state index contributed by atoms with van der Waals surface area (Å²) in [6.07, 6.45) is 66.6. The summed E-state index contributed by atoms with van der Waals surface area (Å²) in [4.78, 5) is 37.8. The molecule has 0 bridgehead atoms. The highest BCUT2D eigenvalue weighted by atomic mass is 16.6. The van der Waals surface area contributed by atoms with Crippen LogP contribution in [-0.2, 0) is 28.6 Å². The minimum atomic E-state index is -0.823. The minimum absolute atomic E-state index is 0.114. The maximum absolute atomic E-state index is 12.7. The third-order valence-corrected chi connectivity index (χ3v) is 10.0. The molecule has 0 aliphatic heterocycles. The monoisotopic (exact) mass is 859 g/mol. The van der Waals surface area contributed by atoms with E-state index in [1.807, 2.05) is 12.2 Å². The normalized spacial score (nSPS) is 13.0. The van der Waals surface area contributed by atoms with E-state index in [4.69, 9.17) is 14.2 Å². The molecule has 350 valence electrons. The fourth-order valence-electron chi connectivity index (χ4n) is 6.36. The van der Waals surface area contributed by atoms with E-state index in [-0.39, 0.29) is 31.6 Å². The van der Waals surface area contributed by atoms with Crippen molar-refractivity contribution in [1.29, 1.82) is 0 Å². The Kier molecular flexibility index (Phi) is 46.6. The van der Waals surface area contributed by atoms with Crippen LogP contribution in [0.3, 0.4) is 0 Å². The van der Waals surface area contributed by atoms with Gasteiger partial charge in [-0.15, -0.1) is 0 Å². The van der Waals surface area contributed by atoms with Gasteiger partial charge in [0.15, 0.2) is 6.10 Å². The Labute approximate surface area is 380 Å². The van der Waals surface area contributed by atoms with Crippen molar-refractivity contribution >= 4 is 17.9 Å². The van der Waals surface area contributed by atoms with Gasteiger partial charge in [0.05, 0.1) is 0 Å². The average molecular weight is 859 g/mol. The smallest absolute Gasteiger partial charge is 0.306 e. The largest absolute Gasteiger partial charge is 0.462 e. The van der Waals surface area contributed by atoms with Crippen LogP contribution >= 0.6 is 0 Å². The number of carbonyl (C=O) groups excluding carboxylic acids is 3. The highest BCUT2D eigenvalue weighted by Crippen LogP contribution is 2.13. The van der Waals surface area contributed by atoms with E-state index >= 15 is 0 Å². The van der Waals surface area contributed by atoms with Crippen molar-refractivity contribution in [1.82, 2.24) is 0 Å². The van der Waals surface area contributed by atoms with Crippen LogP contribution in [-0.4, -0.2) is 37.2 Å². The van der Waals surface area contributed by atoms with Crippen molar-refractivity contribution in [2.75, 3.05) is 13.2 Å². The summed E-state index contributed by atoms with van der Waals surface area (Å²) in [7, 11) is 0. The van der Waals surface area contributed by atoms with Crippen LogP contribution in [0.2, 0.25) is 0 Å². The summed E-state index contributed by atoms with van der Waals surface area (Å²) < 4.78 is 16.7. The molecule has 6 nitrogen and oxygen atoms in total. The van der Waals surface area contributed by atoms with E-state index in [1.54, 1.807) is 0 Å². The van der Waals surface area contributed by atoms with Crippen LogP contribution in [0, 0.1) is 0 Å². The zero-order valence-corrected chi connectivity index (χ0v) is 39.8. The van der Waals surface area contributed by atoms with Gasteiger partial charge in [0, 0.05) is 19.3 Å². The first-order valence-electron chi connectivity index (χ1n) is 24.9. The maximum atomic E-state index is 12.7. The number of unbranched alkanes of at least 4 members (excludes halogenated alkanes) is 14. The highest BCUT2D eigenvalue weighted by Gasteiger charge is 2.19. The number of hydrogen-bond acceptors (Lipinski definition) is 6. The second-order valence-corrected chi connectivity index (χ2v) is 16.0. The number of allylic oxidation sites excluding steroid dienone is 18. The van der Waals surface area contributed by atoms with Crippen LogP contribution in [0.15, 0.2) is 109 Å². The number of hydrogen-bond donors (Lipinski definition) is 0. The molecule has 0 aliphatic rings. The van der Waals surface area contributed by atoms with Crippen molar-refractivity contribution in [3.05, 3.63) is 109 Å². The predicted molar refractivity (Wildman–Crippen MR) is 265 cm³/mol. The molecule has 0 rings (SSSR count). The highest BCUT2D eigenvalue weighted by molar-refractivity contribution is 5.71. The molecule has 0 aromatic heterocycles. The van der Waals surface area contributed by atoms with Gasteiger partial charge in [-0.25, -0.2) is 0 Å². The van der Waals surface area contributed by atoms with Crippen molar-refractivity contribution in [3.8, 4) is 0 Å². The number of carbonyl (C=O) groups is 3. The predicted octanol–water partition coefficient (Wildman–Crippen LogP) is 16.4. The van der Waals surface area contributed by atoms with Crippen molar-refractivity contribution in [2.45, 2.75) is 213 Å². The Hall–Kier alpha value is -3.93. The molecular weight excluding hydrogens is 769 g/mol. The van der Waals surface area contributed by atoms with Gasteiger partial charge in [-0.2, -0.15) is 0 Å². The third-order valence-electron chi connectivity index (χ3n) is 10.0. The molecule has 0 aromatic carbocycles. The van der Waals surface area contributed by atoms with Crippen molar-refractivity contribution in [2.24, 2.45) is 0 Å². The maximum Gasteiger partial charge on any atom is 0.306 e. The molecule has 0 fully saturated rings. The second-order valence-electron chi connectivity index (χ2n) is 16.0. The molecule has 6 heteroatoms. The molecule has 0 amide bonds. The Morgan fingerprint density at radius 3 is 1.05 bits per heavy atom. The lowest BCUT2D eigenvalue weighted by atomic mass is 10.1. The molecule has 0 saturated heterocycles. The first kappa shape index (κ1) is 58.1. The van der Waals surface area contributed by atoms with E-state index in [0.29, 0.717) is 19.3 Å². The summed E-state index contributed by atoms with van der Waals surface area (Å²) in [6.45, 7) is 6.29. The second kappa shape index (κ2) is 49.7. The summed E-state index contributed by atoms with van der Waals surface area (Å²) >= 11 is 0.